The van der Waals surface area contributed by atoms with Crippen LogP contribution >= 0.6 is 0 Å². The molecule has 0 aliphatic carbocycles. The molecule has 6 heteroatoms. The number of morpholine rings is 1. The Morgan fingerprint density at radius 1 is 1.43 bits per heavy atom. The van der Waals surface area contributed by atoms with E-state index in [1.165, 1.54) is 0 Å². The Morgan fingerprint density at radius 2 is 2.19 bits per heavy atom. The van der Waals surface area contributed by atoms with Crippen molar-refractivity contribution in [2.45, 2.75) is 26.4 Å². The molecule has 21 heavy (non-hydrogen) atoms. The number of carboxylic acids is 1. The Bertz CT molecular complexity index is 544. The van der Waals surface area contributed by atoms with E-state index in [0.29, 0.717) is 19.7 Å². The lowest BCUT2D eigenvalue weighted by Gasteiger charge is -2.32. The van der Waals surface area contributed by atoms with Gasteiger partial charge in [-0.05, 0) is 25.5 Å². The summed E-state index contributed by atoms with van der Waals surface area (Å²) in [5, 5.41) is 11.7. The zero-order chi connectivity index (χ0) is 15.4. The summed E-state index contributed by atoms with van der Waals surface area (Å²) in [6, 6.07) is 5.59. The van der Waals surface area contributed by atoms with Gasteiger partial charge in [0, 0.05) is 18.8 Å². The van der Waals surface area contributed by atoms with Crippen LogP contribution in [0.1, 0.15) is 17.5 Å². The van der Waals surface area contributed by atoms with E-state index in [9.17, 15) is 9.59 Å². The Labute approximate surface area is 123 Å². The van der Waals surface area contributed by atoms with Crippen molar-refractivity contribution >= 4 is 17.7 Å². The van der Waals surface area contributed by atoms with E-state index in [1.54, 1.807) is 4.90 Å². The summed E-state index contributed by atoms with van der Waals surface area (Å²) in [7, 11) is 0. The molecule has 2 N–H and O–H groups in total. The van der Waals surface area contributed by atoms with Crippen molar-refractivity contribution in [1.82, 2.24) is 4.90 Å². The van der Waals surface area contributed by atoms with Crippen LogP contribution in [-0.2, 0) is 9.53 Å². The third-order valence-electron chi connectivity index (χ3n) is 3.45. The molecule has 0 saturated carbocycles. The lowest BCUT2D eigenvalue weighted by Crippen LogP contribution is -2.47. The minimum atomic E-state index is -0.920. The number of benzene rings is 1. The topological polar surface area (TPSA) is 78.9 Å². The maximum absolute atomic E-state index is 12.2. The van der Waals surface area contributed by atoms with Crippen LogP contribution in [0.3, 0.4) is 0 Å². The molecule has 1 heterocycles. The number of anilines is 1. The second-order valence-electron chi connectivity index (χ2n) is 5.29. The highest BCUT2D eigenvalue weighted by Crippen LogP contribution is 2.17. The van der Waals surface area contributed by atoms with E-state index in [-0.39, 0.29) is 12.5 Å². The van der Waals surface area contributed by atoms with Crippen LogP contribution in [0.25, 0.3) is 0 Å². The van der Waals surface area contributed by atoms with E-state index in [2.05, 4.69) is 5.32 Å². The average Bonchev–Trinajstić information content (AvgIpc) is 2.41. The lowest BCUT2D eigenvalue weighted by atomic mass is 10.1. The van der Waals surface area contributed by atoms with E-state index in [0.717, 1.165) is 16.8 Å². The van der Waals surface area contributed by atoms with Crippen molar-refractivity contribution in [1.29, 1.82) is 0 Å². The minimum Gasteiger partial charge on any atom is -0.481 e. The van der Waals surface area contributed by atoms with E-state index in [4.69, 9.17) is 9.84 Å². The summed E-state index contributed by atoms with van der Waals surface area (Å²) in [6.07, 6.45) is -0.533. The monoisotopic (exact) mass is 292 g/mol. The predicted molar refractivity (Wildman–Crippen MR) is 78.5 cm³/mol. The first-order chi connectivity index (χ1) is 9.95. The Balaban J connectivity index is 1.97. The van der Waals surface area contributed by atoms with Gasteiger partial charge in [-0.3, -0.25) is 4.79 Å². The summed E-state index contributed by atoms with van der Waals surface area (Å²) in [6.45, 7) is 5.06. The number of aryl methyl sites for hydroxylation is 2. The average molecular weight is 292 g/mol. The molecule has 6 nitrogen and oxygen atoms in total. The molecule has 1 aliphatic heterocycles. The first kappa shape index (κ1) is 15.3. The van der Waals surface area contributed by atoms with Crippen LogP contribution < -0.4 is 5.32 Å². The number of hydrogen-bond acceptors (Lipinski definition) is 3. The number of urea groups is 1. The van der Waals surface area contributed by atoms with Gasteiger partial charge < -0.3 is 20.1 Å². The number of carbonyl (C=O) groups excluding carboxylic acids is 1. The minimum absolute atomic E-state index is 0.0899. The fourth-order valence-corrected chi connectivity index (χ4v) is 2.37. The number of rotatable bonds is 3. The second-order valence-corrected chi connectivity index (χ2v) is 5.29. The van der Waals surface area contributed by atoms with Gasteiger partial charge in [-0.15, -0.1) is 0 Å². The molecule has 0 spiro atoms. The van der Waals surface area contributed by atoms with Gasteiger partial charge in [-0.25, -0.2) is 4.79 Å². The van der Waals surface area contributed by atoms with Crippen molar-refractivity contribution in [3.63, 3.8) is 0 Å². The highest BCUT2D eigenvalue weighted by molar-refractivity contribution is 5.90. The summed E-state index contributed by atoms with van der Waals surface area (Å²) in [4.78, 5) is 24.6. The molecular formula is C15H20N2O4. The molecule has 1 aliphatic rings. The van der Waals surface area contributed by atoms with Crippen LogP contribution in [0.15, 0.2) is 18.2 Å². The van der Waals surface area contributed by atoms with Gasteiger partial charge in [0.2, 0.25) is 0 Å². The number of amides is 2. The number of nitrogens with one attached hydrogen (secondary N) is 1. The third-order valence-corrected chi connectivity index (χ3v) is 3.45. The molecule has 1 aromatic carbocycles. The SMILES string of the molecule is Cc1ccc(NC(=O)N2CCOC(CC(=O)O)C2)c(C)c1. The molecule has 0 radical (unpaired) electrons. The van der Waals surface area contributed by atoms with E-state index in [1.807, 2.05) is 32.0 Å². The molecule has 1 unspecified atom stereocenters. The fourth-order valence-electron chi connectivity index (χ4n) is 2.37. The molecule has 1 saturated heterocycles. The first-order valence-electron chi connectivity index (χ1n) is 6.92. The number of hydrogen-bond donors (Lipinski definition) is 2. The summed E-state index contributed by atoms with van der Waals surface area (Å²) in [5.41, 5.74) is 2.91. The Hall–Kier alpha value is -2.08. The number of ether oxygens (including phenoxy) is 1. The van der Waals surface area contributed by atoms with Crippen molar-refractivity contribution in [3.05, 3.63) is 29.3 Å². The molecule has 1 atom stereocenters. The molecule has 1 fully saturated rings. The normalized spacial score (nSPS) is 18.4. The van der Waals surface area contributed by atoms with Gasteiger partial charge >= 0.3 is 12.0 Å². The predicted octanol–water partition coefficient (Wildman–Crippen LogP) is 2.01. The molecule has 2 amide bonds. The van der Waals surface area contributed by atoms with Gasteiger partial charge in [-0.2, -0.15) is 0 Å². The van der Waals surface area contributed by atoms with Crippen molar-refractivity contribution in [3.8, 4) is 0 Å². The van der Waals surface area contributed by atoms with E-state index < -0.39 is 12.1 Å². The number of carboxylic acid groups (broad SMARTS) is 1. The van der Waals surface area contributed by atoms with Crippen molar-refractivity contribution in [2.24, 2.45) is 0 Å². The van der Waals surface area contributed by atoms with Gasteiger partial charge in [-0.1, -0.05) is 17.7 Å². The summed E-state index contributed by atoms with van der Waals surface area (Å²) in [5.74, 6) is -0.920. The van der Waals surface area contributed by atoms with Crippen LogP contribution in [0.5, 0.6) is 0 Å². The summed E-state index contributed by atoms with van der Waals surface area (Å²) >= 11 is 0. The standard InChI is InChI=1S/C15H20N2O4/c1-10-3-4-13(11(2)7-10)16-15(20)17-5-6-21-12(9-17)8-14(18)19/h3-4,7,12H,5-6,8-9H2,1-2H3,(H,16,20)(H,18,19). The van der Waals surface area contributed by atoms with Crippen LogP contribution in [0, 0.1) is 13.8 Å². The first-order valence-corrected chi connectivity index (χ1v) is 6.92. The zero-order valence-corrected chi connectivity index (χ0v) is 12.3. The maximum atomic E-state index is 12.2. The number of carbonyl (C=O) groups is 2. The van der Waals surface area contributed by atoms with Crippen LogP contribution in [-0.4, -0.2) is 47.8 Å². The third kappa shape index (κ3) is 4.19. The number of nitrogens with zero attached hydrogens (tertiary/aromatic N) is 1. The van der Waals surface area contributed by atoms with Gasteiger partial charge in [0.1, 0.15) is 0 Å². The maximum Gasteiger partial charge on any atom is 0.322 e. The Morgan fingerprint density at radius 3 is 2.86 bits per heavy atom. The Kier molecular flexibility index (Phi) is 4.80. The molecule has 114 valence electrons. The zero-order valence-electron chi connectivity index (χ0n) is 12.3. The molecule has 2 rings (SSSR count). The lowest BCUT2D eigenvalue weighted by molar-refractivity contribution is -0.141. The highest BCUT2D eigenvalue weighted by Gasteiger charge is 2.26. The van der Waals surface area contributed by atoms with Gasteiger partial charge in [0.25, 0.3) is 0 Å². The van der Waals surface area contributed by atoms with Gasteiger partial charge in [0.15, 0.2) is 0 Å². The van der Waals surface area contributed by atoms with Crippen molar-refractivity contribution in [2.75, 3.05) is 25.0 Å². The van der Waals surface area contributed by atoms with Crippen LogP contribution in [0.2, 0.25) is 0 Å². The molecule has 0 bridgehead atoms. The summed E-state index contributed by atoms with van der Waals surface area (Å²) < 4.78 is 5.36. The second kappa shape index (κ2) is 6.58. The van der Waals surface area contributed by atoms with Crippen LogP contribution in [0.4, 0.5) is 10.5 Å². The van der Waals surface area contributed by atoms with Gasteiger partial charge in [0.05, 0.1) is 19.1 Å². The fraction of sp³-hybridized carbons (Fsp3) is 0.467. The molecule has 1 aromatic rings. The molecule has 0 aromatic heterocycles. The largest absolute Gasteiger partial charge is 0.481 e. The smallest absolute Gasteiger partial charge is 0.322 e. The van der Waals surface area contributed by atoms with Crippen molar-refractivity contribution < 1.29 is 19.4 Å². The number of aliphatic carboxylic acids is 1. The molecular weight excluding hydrogens is 272 g/mol. The quantitative estimate of drug-likeness (QED) is 0.893. The highest BCUT2D eigenvalue weighted by atomic mass is 16.5. The van der Waals surface area contributed by atoms with E-state index >= 15 is 0 Å².